The Morgan fingerprint density at radius 1 is 1.33 bits per heavy atom. The first-order chi connectivity index (χ1) is 11.5. The number of carbonyl (C=O) groups excluding carboxylic acids is 1. The van der Waals surface area contributed by atoms with Gasteiger partial charge >= 0.3 is 0 Å². The third-order valence-electron chi connectivity index (χ3n) is 4.82. The molecule has 0 spiro atoms. The topological polar surface area (TPSA) is 68.3 Å². The minimum absolute atomic E-state index is 0.293. The zero-order chi connectivity index (χ0) is 16.8. The van der Waals surface area contributed by atoms with Crippen molar-refractivity contribution in [3.05, 3.63) is 46.3 Å². The average molecular weight is 324 g/mol. The van der Waals surface area contributed by atoms with Crippen molar-refractivity contribution in [3.8, 4) is 0 Å². The summed E-state index contributed by atoms with van der Waals surface area (Å²) in [5.41, 5.74) is 4.64. The largest absolute Gasteiger partial charge is 0.451 e. The van der Waals surface area contributed by atoms with Crippen molar-refractivity contribution >= 4 is 22.8 Å². The van der Waals surface area contributed by atoms with Gasteiger partial charge in [-0.15, -0.1) is 0 Å². The summed E-state index contributed by atoms with van der Waals surface area (Å²) >= 11 is 0. The molecule has 1 aliphatic rings. The van der Waals surface area contributed by atoms with E-state index in [0.717, 1.165) is 52.6 Å². The normalized spacial score (nSPS) is 17.0. The molecule has 24 heavy (non-hydrogen) atoms. The fraction of sp³-hybridized carbons (Fsp3) is 0.368. The number of furan rings is 1. The van der Waals surface area contributed by atoms with Crippen LogP contribution in [-0.2, 0) is 12.8 Å². The van der Waals surface area contributed by atoms with Crippen molar-refractivity contribution in [2.75, 3.05) is 5.32 Å². The molecule has 5 heteroatoms. The smallest absolute Gasteiger partial charge is 0.294 e. The lowest BCUT2D eigenvalue weighted by Gasteiger charge is -2.16. The van der Waals surface area contributed by atoms with E-state index in [1.807, 2.05) is 32.0 Å². The summed E-state index contributed by atoms with van der Waals surface area (Å²) < 4.78 is 11.1. The van der Waals surface area contributed by atoms with Gasteiger partial charge in [-0.3, -0.25) is 10.1 Å². The Morgan fingerprint density at radius 3 is 3.00 bits per heavy atom. The highest BCUT2D eigenvalue weighted by Gasteiger charge is 2.26. The van der Waals surface area contributed by atoms with Gasteiger partial charge in [0.1, 0.15) is 5.58 Å². The number of aromatic nitrogens is 1. The van der Waals surface area contributed by atoms with Gasteiger partial charge in [0.05, 0.1) is 5.69 Å². The zero-order valence-corrected chi connectivity index (χ0v) is 14.1. The number of anilines is 1. The number of amides is 1. The molecule has 0 saturated heterocycles. The minimum Gasteiger partial charge on any atom is -0.451 e. The van der Waals surface area contributed by atoms with E-state index in [1.165, 1.54) is 0 Å². The van der Waals surface area contributed by atoms with E-state index >= 15 is 0 Å². The minimum atomic E-state index is -0.293. The molecule has 0 saturated carbocycles. The van der Waals surface area contributed by atoms with E-state index in [2.05, 4.69) is 17.4 Å². The van der Waals surface area contributed by atoms with Crippen LogP contribution in [0.3, 0.4) is 0 Å². The van der Waals surface area contributed by atoms with Gasteiger partial charge in [0.15, 0.2) is 5.76 Å². The van der Waals surface area contributed by atoms with E-state index in [4.69, 9.17) is 8.94 Å². The molecule has 3 aromatic rings. The molecule has 1 aliphatic carbocycles. The number of aryl methyl sites for hydroxylation is 3. The van der Waals surface area contributed by atoms with Crippen molar-refractivity contribution in [2.45, 2.75) is 40.0 Å². The molecular weight excluding hydrogens is 304 g/mol. The first kappa shape index (κ1) is 15.0. The Balaban J connectivity index is 1.66. The van der Waals surface area contributed by atoms with Crippen molar-refractivity contribution in [3.63, 3.8) is 0 Å². The van der Waals surface area contributed by atoms with Crippen LogP contribution in [0.2, 0.25) is 0 Å². The maximum Gasteiger partial charge on any atom is 0.294 e. The van der Waals surface area contributed by atoms with Crippen LogP contribution in [0.15, 0.2) is 27.1 Å². The Morgan fingerprint density at radius 2 is 2.17 bits per heavy atom. The Kier molecular flexibility index (Phi) is 3.44. The molecule has 1 amide bonds. The zero-order valence-electron chi connectivity index (χ0n) is 14.1. The molecule has 2 aromatic heterocycles. The SMILES string of the molecule is Cc1ccc2c(C)c(C(=O)Nc3onc4c3C[C@H](C)CC4)oc2c1. The molecule has 0 unspecified atom stereocenters. The monoisotopic (exact) mass is 324 g/mol. The van der Waals surface area contributed by atoms with Gasteiger partial charge in [0.25, 0.3) is 5.91 Å². The lowest BCUT2D eigenvalue weighted by Crippen LogP contribution is -2.16. The Hall–Kier alpha value is -2.56. The molecule has 1 N–H and O–H groups in total. The van der Waals surface area contributed by atoms with Crippen molar-refractivity contribution < 1.29 is 13.7 Å². The molecule has 0 radical (unpaired) electrons. The third-order valence-corrected chi connectivity index (χ3v) is 4.82. The first-order valence-corrected chi connectivity index (χ1v) is 8.31. The third kappa shape index (κ3) is 2.40. The summed E-state index contributed by atoms with van der Waals surface area (Å²) in [6.45, 7) is 6.10. The molecule has 0 fully saturated rings. The predicted octanol–water partition coefficient (Wildman–Crippen LogP) is 4.41. The van der Waals surface area contributed by atoms with E-state index in [-0.39, 0.29) is 5.91 Å². The van der Waals surface area contributed by atoms with Gasteiger partial charge in [-0.1, -0.05) is 24.2 Å². The molecule has 2 heterocycles. The summed E-state index contributed by atoms with van der Waals surface area (Å²) in [7, 11) is 0. The number of benzene rings is 1. The average Bonchev–Trinajstić information content (AvgIpc) is 3.08. The van der Waals surface area contributed by atoms with Crippen molar-refractivity contribution in [2.24, 2.45) is 5.92 Å². The van der Waals surface area contributed by atoms with E-state index in [0.29, 0.717) is 17.6 Å². The van der Waals surface area contributed by atoms with Crippen LogP contribution in [0, 0.1) is 19.8 Å². The van der Waals surface area contributed by atoms with Crippen LogP contribution < -0.4 is 5.32 Å². The Labute approximate surface area is 140 Å². The summed E-state index contributed by atoms with van der Waals surface area (Å²) in [4.78, 5) is 12.7. The number of hydrogen-bond acceptors (Lipinski definition) is 4. The maximum absolute atomic E-state index is 12.7. The van der Waals surface area contributed by atoms with E-state index < -0.39 is 0 Å². The predicted molar refractivity (Wildman–Crippen MR) is 91.3 cm³/mol. The summed E-state index contributed by atoms with van der Waals surface area (Å²) in [6.07, 6.45) is 2.89. The maximum atomic E-state index is 12.7. The highest BCUT2D eigenvalue weighted by molar-refractivity contribution is 6.06. The van der Waals surface area contributed by atoms with Crippen molar-refractivity contribution in [1.82, 2.24) is 5.16 Å². The Bertz CT molecular complexity index is 936. The highest BCUT2D eigenvalue weighted by atomic mass is 16.5. The molecule has 0 aliphatic heterocycles. The number of hydrogen-bond donors (Lipinski definition) is 1. The van der Waals surface area contributed by atoms with Gasteiger partial charge in [-0.05, 0) is 50.7 Å². The van der Waals surface area contributed by atoms with Crippen LogP contribution in [0.25, 0.3) is 11.0 Å². The lowest BCUT2D eigenvalue weighted by atomic mass is 9.89. The second kappa shape index (κ2) is 5.51. The van der Waals surface area contributed by atoms with Gasteiger partial charge in [0.2, 0.25) is 5.88 Å². The number of rotatable bonds is 2. The molecule has 1 aromatic carbocycles. The standard InChI is InChI=1S/C19H20N2O3/c1-10-5-7-15-14(8-10)19(24-21-15)20-18(22)17-12(3)13-6-4-11(2)9-16(13)23-17/h4,6,9-10H,5,7-8H2,1-3H3,(H,20,22)/t10-/m1/s1. The van der Waals surface area contributed by atoms with E-state index in [9.17, 15) is 4.79 Å². The molecule has 0 bridgehead atoms. The van der Waals surface area contributed by atoms with E-state index in [1.54, 1.807) is 0 Å². The first-order valence-electron chi connectivity index (χ1n) is 8.31. The number of carbonyl (C=O) groups is 1. The summed E-state index contributed by atoms with van der Waals surface area (Å²) in [5.74, 6) is 1.06. The molecular formula is C19H20N2O3. The lowest BCUT2D eigenvalue weighted by molar-refractivity contribution is 0.0994. The molecule has 124 valence electrons. The molecule has 1 atom stereocenters. The van der Waals surface area contributed by atoms with Gasteiger partial charge in [-0.25, -0.2) is 0 Å². The number of fused-ring (bicyclic) bond motifs is 2. The highest BCUT2D eigenvalue weighted by Crippen LogP contribution is 2.32. The fourth-order valence-corrected chi connectivity index (χ4v) is 3.39. The quantitative estimate of drug-likeness (QED) is 0.758. The summed E-state index contributed by atoms with van der Waals surface area (Å²) in [5, 5.41) is 7.89. The van der Waals surface area contributed by atoms with Gasteiger partial charge in [-0.2, -0.15) is 0 Å². The van der Waals surface area contributed by atoms with Crippen LogP contribution in [-0.4, -0.2) is 11.1 Å². The van der Waals surface area contributed by atoms with Crippen molar-refractivity contribution in [1.29, 1.82) is 0 Å². The van der Waals surface area contributed by atoms with Crippen LogP contribution in [0.5, 0.6) is 0 Å². The molecule has 5 nitrogen and oxygen atoms in total. The second-order valence-electron chi connectivity index (χ2n) is 6.79. The van der Waals surface area contributed by atoms with Crippen LogP contribution in [0.1, 0.15) is 46.3 Å². The van der Waals surface area contributed by atoms with Gasteiger partial charge < -0.3 is 8.94 Å². The summed E-state index contributed by atoms with van der Waals surface area (Å²) in [6, 6.07) is 5.94. The number of nitrogens with zero attached hydrogens (tertiary/aromatic N) is 1. The van der Waals surface area contributed by atoms with Crippen LogP contribution >= 0.6 is 0 Å². The van der Waals surface area contributed by atoms with Gasteiger partial charge in [0, 0.05) is 16.5 Å². The number of nitrogens with one attached hydrogen (secondary N) is 1. The van der Waals surface area contributed by atoms with Crippen LogP contribution in [0.4, 0.5) is 5.88 Å². The second-order valence-corrected chi connectivity index (χ2v) is 6.79. The molecule has 4 rings (SSSR count). The fourth-order valence-electron chi connectivity index (χ4n) is 3.39.